The third kappa shape index (κ3) is 2.29. The molecule has 0 unspecified atom stereocenters. The van der Waals surface area contributed by atoms with Crippen LogP contribution in [0.5, 0.6) is 0 Å². The van der Waals surface area contributed by atoms with Crippen LogP contribution in [-0.4, -0.2) is 15.5 Å². The summed E-state index contributed by atoms with van der Waals surface area (Å²) in [4.78, 5) is 29.5. The van der Waals surface area contributed by atoms with Crippen LogP contribution in [0.2, 0.25) is 0 Å². The van der Waals surface area contributed by atoms with Crippen LogP contribution in [-0.2, 0) is 7.05 Å². The van der Waals surface area contributed by atoms with E-state index in [1.54, 1.807) is 26.1 Å². The molecule has 0 aliphatic rings. The minimum Gasteiger partial charge on any atom is -0.319 e. The standard InChI is InChI=1S/C15H12FN3O2S/c1-8-11-14(17-7-19(2)15(11)21)22-12(8)13(20)18-10-6-4-3-5-9(10)16/h3-7H,1-2H3,(H,18,20). The summed E-state index contributed by atoms with van der Waals surface area (Å²) in [5.74, 6) is -0.962. The number of benzene rings is 1. The van der Waals surface area contributed by atoms with Crippen molar-refractivity contribution in [1.29, 1.82) is 0 Å². The molecule has 2 aromatic heterocycles. The van der Waals surface area contributed by atoms with E-state index < -0.39 is 11.7 Å². The summed E-state index contributed by atoms with van der Waals surface area (Å²) >= 11 is 1.12. The summed E-state index contributed by atoms with van der Waals surface area (Å²) in [6, 6.07) is 5.93. The zero-order chi connectivity index (χ0) is 15.9. The van der Waals surface area contributed by atoms with E-state index in [9.17, 15) is 14.0 Å². The predicted octanol–water partition coefficient (Wildman–Crippen LogP) is 2.69. The Kier molecular flexibility index (Phi) is 3.50. The minimum absolute atomic E-state index is 0.102. The second kappa shape index (κ2) is 5.34. The van der Waals surface area contributed by atoms with Gasteiger partial charge >= 0.3 is 0 Å². The van der Waals surface area contributed by atoms with Gasteiger partial charge < -0.3 is 9.88 Å². The molecule has 0 aliphatic heterocycles. The van der Waals surface area contributed by atoms with Crippen LogP contribution in [0.4, 0.5) is 10.1 Å². The van der Waals surface area contributed by atoms with Crippen molar-refractivity contribution in [1.82, 2.24) is 9.55 Å². The van der Waals surface area contributed by atoms with Crippen molar-refractivity contribution in [3.8, 4) is 0 Å². The molecule has 0 atom stereocenters. The molecule has 1 N–H and O–H groups in total. The van der Waals surface area contributed by atoms with Crippen LogP contribution < -0.4 is 10.9 Å². The Labute approximate surface area is 129 Å². The van der Waals surface area contributed by atoms with E-state index in [4.69, 9.17) is 0 Å². The molecule has 3 rings (SSSR count). The zero-order valence-corrected chi connectivity index (χ0v) is 12.7. The molecule has 2 heterocycles. The second-order valence-corrected chi connectivity index (χ2v) is 5.83. The lowest BCUT2D eigenvalue weighted by atomic mass is 10.2. The number of anilines is 1. The van der Waals surface area contributed by atoms with Gasteiger partial charge in [0, 0.05) is 7.05 Å². The van der Waals surface area contributed by atoms with Gasteiger partial charge in [0.05, 0.1) is 22.3 Å². The lowest BCUT2D eigenvalue weighted by Crippen LogP contribution is -2.17. The maximum absolute atomic E-state index is 13.6. The van der Waals surface area contributed by atoms with E-state index in [1.165, 1.54) is 23.0 Å². The van der Waals surface area contributed by atoms with E-state index in [-0.39, 0.29) is 11.2 Å². The summed E-state index contributed by atoms with van der Waals surface area (Å²) in [7, 11) is 1.60. The van der Waals surface area contributed by atoms with Crippen LogP contribution in [0.1, 0.15) is 15.2 Å². The quantitative estimate of drug-likeness (QED) is 0.790. The fourth-order valence-corrected chi connectivity index (χ4v) is 3.20. The fourth-order valence-electron chi connectivity index (χ4n) is 2.17. The van der Waals surface area contributed by atoms with Crippen molar-refractivity contribution >= 4 is 33.1 Å². The van der Waals surface area contributed by atoms with Crippen molar-refractivity contribution in [3.63, 3.8) is 0 Å². The molecule has 3 aromatic rings. The summed E-state index contributed by atoms with van der Waals surface area (Å²) in [5.41, 5.74) is 0.455. The number of aryl methyl sites for hydroxylation is 2. The maximum Gasteiger partial charge on any atom is 0.266 e. The molecule has 22 heavy (non-hydrogen) atoms. The van der Waals surface area contributed by atoms with Gasteiger partial charge in [0.25, 0.3) is 11.5 Å². The van der Waals surface area contributed by atoms with E-state index in [0.29, 0.717) is 20.7 Å². The number of halogens is 1. The van der Waals surface area contributed by atoms with Gasteiger partial charge in [0.1, 0.15) is 10.6 Å². The Morgan fingerprint density at radius 2 is 2.09 bits per heavy atom. The first-order chi connectivity index (χ1) is 10.5. The Hall–Kier alpha value is -2.54. The fraction of sp³-hybridized carbons (Fsp3) is 0.133. The highest BCUT2D eigenvalue weighted by atomic mass is 32.1. The lowest BCUT2D eigenvalue weighted by Gasteiger charge is -2.05. The van der Waals surface area contributed by atoms with Crippen LogP contribution in [0.3, 0.4) is 0 Å². The van der Waals surface area contributed by atoms with Crippen LogP contribution in [0.25, 0.3) is 10.2 Å². The van der Waals surface area contributed by atoms with E-state index in [1.807, 2.05) is 0 Å². The Morgan fingerprint density at radius 1 is 1.36 bits per heavy atom. The van der Waals surface area contributed by atoms with Gasteiger partial charge in [-0.05, 0) is 24.6 Å². The summed E-state index contributed by atoms with van der Waals surface area (Å²) in [5, 5.41) is 2.95. The van der Waals surface area contributed by atoms with E-state index in [0.717, 1.165) is 11.3 Å². The number of hydrogen-bond donors (Lipinski definition) is 1. The third-order valence-electron chi connectivity index (χ3n) is 3.34. The second-order valence-electron chi connectivity index (χ2n) is 4.83. The maximum atomic E-state index is 13.6. The number of para-hydroxylation sites is 1. The van der Waals surface area contributed by atoms with Crippen molar-refractivity contribution in [2.24, 2.45) is 7.05 Å². The van der Waals surface area contributed by atoms with Gasteiger partial charge in [0.15, 0.2) is 0 Å². The third-order valence-corrected chi connectivity index (χ3v) is 4.54. The van der Waals surface area contributed by atoms with Gasteiger partial charge in [-0.2, -0.15) is 0 Å². The monoisotopic (exact) mass is 317 g/mol. The Morgan fingerprint density at radius 3 is 2.82 bits per heavy atom. The molecule has 112 valence electrons. The molecule has 5 nitrogen and oxygen atoms in total. The van der Waals surface area contributed by atoms with Crippen LogP contribution >= 0.6 is 11.3 Å². The molecule has 0 spiro atoms. The first kappa shape index (κ1) is 14.4. The molecular weight excluding hydrogens is 305 g/mol. The van der Waals surface area contributed by atoms with E-state index >= 15 is 0 Å². The number of nitrogens with zero attached hydrogens (tertiary/aromatic N) is 2. The Balaban J connectivity index is 2.05. The molecule has 0 bridgehead atoms. The smallest absolute Gasteiger partial charge is 0.266 e. The highest BCUT2D eigenvalue weighted by molar-refractivity contribution is 7.20. The van der Waals surface area contributed by atoms with Gasteiger partial charge in [-0.25, -0.2) is 9.37 Å². The molecule has 1 amide bonds. The van der Waals surface area contributed by atoms with Gasteiger partial charge in [-0.1, -0.05) is 12.1 Å². The minimum atomic E-state index is -0.511. The number of rotatable bonds is 2. The number of hydrogen-bond acceptors (Lipinski definition) is 4. The zero-order valence-electron chi connectivity index (χ0n) is 11.9. The van der Waals surface area contributed by atoms with E-state index in [2.05, 4.69) is 10.3 Å². The van der Waals surface area contributed by atoms with Gasteiger partial charge in [-0.3, -0.25) is 9.59 Å². The number of thiophene rings is 1. The van der Waals surface area contributed by atoms with Crippen molar-refractivity contribution in [2.75, 3.05) is 5.32 Å². The van der Waals surface area contributed by atoms with Crippen LogP contribution in [0.15, 0.2) is 35.4 Å². The predicted molar refractivity (Wildman–Crippen MR) is 84.0 cm³/mol. The molecule has 0 saturated heterocycles. The summed E-state index contributed by atoms with van der Waals surface area (Å²) in [6.07, 6.45) is 1.42. The van der Waals surface area contributed by atoms with Gasteiger partial charge in [-0.15, -0.1) is 11.3 Å². The Bertz CT molecular complexity index is 946. The summed E-state index contributed by atoms with van der Waals surface area (Å²) < 4.78 is 15.0. The average Bonchev–Trinajstić information content (AvgIpc) is 2.83. The number of amides is 1. The number of carbonyl (C=O) groups is 1. The topological polar surface area (TPSA) is 64.0 Å². The lowest BCUT2D eigenvalue weighted by molar-refractivity contribution is 0.102. The SMILES string of the molecule is Cc1c(C(=O)Nc2ccccc2F)sc2ncn(C)c(=O)c12. The highest BCUT2D eigenvalue weighted by Gasteiger charge is 2.19. The molecule has 0 fully saturated rings. The molecule has 7 heteroatoms. The molecule has 0 aliphatic carbocycles. The number of carbonyl (C=O) groups excluding carboxylic acids is 1. The first-order valence-electron chi connectivity index (χ1n) is 6.49. The largest absolute Gasteiger partial charge is 0.319 e. The molecule has 0 radical (unpaired) electrons. The number of nitrogens with one attached hydrogen (secondary N) is 1. The number of fused-ring (bicyclic) bond motifs is 1. The van der Waals surface area contributed by atoms with Crippen molar-refractivity contribution < 1.29 is 9.18 Å². The van der Waals surface area contributed by atoms with Crippen molar-refractivity contribution in [3.05, 3.63) is 57.2 Å². The molecule has 1 aromatic carbocycles. The highest BCUT2D eigenvalue weighted by Crippen LogP contribution is 2.27. The number of aromatic nitrogens is 2. The molecular formula is C15H12FN3O2S. The van der Waals surface area contributed by atoms with Crippen molar-refractivity contribution in [2.45, 2.75) is 6.92 Å². The average molecular weight is 317 g/mol. The van der Waals surface area contributed by atoms with Gasteiger partial charge in [0.2, 0.25) is 0 Å². The van der Waals surface area contributed by atoms with Crippen LogP contribution in [0, 0.1) is 12.7 Å². The normalized spacial score (nSPS) is 10.9. The summed E-state index contributed by atoms with van der Waals surface area (Å²) in [6.45, 7) is 1.69. The molecule has 0 saturated carbocycles. The first-order valence-corrected chi connectivity index (χ1v) is 7.31.